The van der Waals surface area contributed by atoms with Crippen LogP contribution < -0.4 is 10.2 Å². The first-order valence-electron chi connectivity index (χ1n) is 7.50. The fraction of sp³-hybridized carbons (Fsp3) is 0.333. The highest BCUT2D eigenvalue weighted by Gasteiger charge is 2.30. The molecule has 2 heterocycles. The molecular formula is C15H18N4O3S2. The fourth-order valence-corrected chi connectivity index (χ4v) is 5.19. The van der Waals surface area contributed by atoms with Gasteiger partial charge in [-0.2, -0.15) is 4.31 Å². The predicted molar refractivity (Wildman–Crippen MR) is 93.8 cm³/mol. The first kappa shape index (κ1) is 16.9. The number of nitrogens with one attached hydrogen (secondary N) is 1. The summed E-state index contributed by atoms with van der Waals surface area (Å²) in [5.74, 6) is -0.273. The fourth-order valence-electron chi connectivity index (χ4n) is 2.54. The van der Waals surface area contributed by atoms with Crippen LogP contribution in [0.3, 0.4) is 0 Å². The zero-order chi connectivity index (χ0) is 17.2. The summed E-state index contributed by atoms with van der Waals surface area (Å²) in [6.07, 6.45) is 1.30. The van der Waals surface area contributed by atoms with Crippen molar-refractivity contribution < 1.29 is 13.2 Å². The van der Waals surface area contributed by atoms with Gasteiger partial charge in [-0.15, -0.1) is 0 Å². The normalized spacial score (nSPS) is 16.1. The molecule has 1 fully saturated rings. The quantitative estimate of drug-likeness (QED) is 0.889. The van der Waals surface area contributed by atoms with Gasteiger partial charge < -0.3 is 10.2 Å². The molecule has 0 radical (unpaired) electrons. The SMILES string of the molecule is CC(=O)Nc1ncc(S(=O)(=O)N2CCN(c3ccccc3)CC2)s1. The second-order valence-corrected chi connectivity index (χ2v) is 8.59. The molecular weight excluding hydrogens is 348 g/mol. The van der Waals surface area contributed by atoms with Crippen molar-refractivity contribution in [2.75, 3.05) is 36.4 Å². The van der Waals surface area contributed by atoms with Gasteiger partial charge in [0.15, 0.2) is 9.34 Å². The van der Waals surface area contributed by atoms with Crippen molar-refractivity contribution in [3.8, 4) is 0 Å². The lowest BCUT2D eigenvalue weighted by molar-refractivity contribution is -0.114. The summed E-state index contributed by atoms with van der Waals surface area (Å²) in [6.45, 7) is 3.48. The molecule has 2 aromatic rings. The van der Waals surface area contributed by atoms with Gasteiger partial charge in [-0.1, -0.05) is 29.5 Å². The van der Waals surface area contributed by atoms with E-state index in [0.29, 0.717) is 31.3 Å². The lowest BCUT2D eigenvalue weighted by Crippen LogP contribution is -2.48. The molecule has 1 aromatic heterocycles. The van der Waals surface area contributed by atoms with E-state index in [1.54, 1.807) is 0 Å². The summed E-state index contributed by atoms with van der Waals surface area (Å²) in [5, 5.41) is 2.80. The molecule has 0 atom stereocenters. The summed E-state index contributed by atoms with van der Waals surface area (Å²) in [4.78, 5) is 17.2. The van der Waals surface area contributed by atoms with Gasteiger partial charge in [0.2, 0.25) is 5.91 Å². The van der Waals surface area contributed by atoms with Crippen LogP contribution in [-0.4, -0.2) is 49.8 Å². The van der Waals surface area contributed by atoms with Crippen LogP contribution in [-0.2, 0) is 14.8 Å². The number of benzene rings is 1. The van der Waals surface area contributed by atoms with E-state index in [9.17, 15) is 13.2 Å². The molecule has 0 saturated carbocycles. The number of thiazole rings is 1. The number of hydrogen-bond acceptors (Lipinski definition) is 6. The molecule has 0 bridgehead atoms. The van der Waals surface area contributed by atoms with Gasteiger partial charge in [0, 0.05) is 38.8 Å². The molecule has 1 saturated heterocycles. The number of para-hydroxylation sites is 1. The largest absolute Gasteiger partial charge is 0.369 e. The van der Waals surface area contributed by atoms with Crippen LogP contribution in [0.1, 0.15) is 6.92 Å². The van der Waals surface area contributed by atoms with E-state index in [4.69, 9.17) is 0 Å². The molecule has 3 rings (SSSR count). The average Bonchev–Trinajstić information content (AvgIpc) is 3.04. The van der Waals surface area contributed by atoms with Crippen LogP contribution in [0, 0.1) is 0 Å². The van der Waals surface area contributed by atoms with Crippen LogP contribution in [0.2, 0.25) is 0 Å². The monoisotopic (exact) mass is 366 g/mol. The Morgan fingerprint density at radius 3 is 2.46 bits per heavy atom. The number of carbonyl (C=O) groups is 1. The first-order valence-corrected chi connectivity index (χ1v) is 9.76. The molecule has 0 spiro atoms. The molecule has 7 nitrogen and oxygen atoms in total. The number of sulfonamides is 1. The summed E-state index contributed by atoms with van der Waals surface area (Å²) in [5.41, 5.74) is 1.10. The summed E-state index contributed by atoms with van der Waals surface area (Å²) >= 11 is 0.973. The Hall–Kier alpha value is -1.97. The number of rotatable bonds is 4. The molecule has 128 valence electrons. The van der Waals surface area contributed by atoms with E-state index in [1.165, 1.54) is 17.4 Å². The average molecular weight is 366 g/mol. The van der Waals surface area contributed by atoms with E-state index in [0.717, 1.165) is 17.0 Å². The Morgan fingerprint density at radius 2 is 1.83 bits per heavy atom. The van der Waals surface area contributed by atoms with Crippen molar-refractivity contribution >= 4 is 38.1 Å². The zero-order valence-corrected chi connectivity index (χ0v) is 14.8. The number of piperazine rings is 1. The van der Waals surface area contributed by atoms with Gasteiger partial charge in [0.05, 0.1) is 6.20 Å². The van der Waals surface area contributed by atoms with Crippen LogP contribution in [0.25, 0.3) is 0 Å². The Bertz CT molecular complexity index is 812. The molecule has 1 aliphatic rings. The van der Waals surface area contributed by atoms with Crippen LogP contribution >= 0.6 is 11.3 Å². The van der Waals surface area contributed by atoms with Gasteiger partial charge in [-0.25, -0.2) is 13.4 Å². The van der Waals surface area contributed by atoms with E-state index >= 15 is 0 Å². The summed E-state index contributed by atoms with van der Waals surface area (Å²) in [7, 11) is -3.57. The number of hydrogen-bond donors (Lipinski definition) is 1. The first-order chi connectivity index (χ1) is 11.5. The van der Waals surface area contributed by atoms with E-state index in [-0.39, 0.29) is 10.1 Å². The third-order valence-corrected chi connectivity index (χ3v) is 6.97. The highest BCUT2D eigenvalue weighted by atomic mass is 32.2. The van der Waals surface area contributed by atoms with E-state index < -0.39 is 10.0 Å². The maximum absolute atomic E-state index is 12.7. The molecule has 0 aliphatic carbocycles. The van der Waals surface area contributed by atoms with Crippen molar-refractivity contribution in [2.45, 2.75) is 11.1 Å². The number of nitrogens with zero attached hydrogens (tertiary/aromatic N) is 3. The maximum atomic E-state index is 12.7. The molecule has 0 unspecified atom stereocenters. The second kappa shape index (κ2) is 6.88. The molecule has 1 aromatic carbocycles. The van der Waals surface area contributed by atoms with Gasteiger partial charge in [0.25, 0.3) is 10.0 Å². The maximum Gasteiger partial charge on any atom is 0.254 e. The molecule has 9 heteroatoms. The second-order valence-electron chi connectivity index (χ2n) is 5.39. The highest BCUT2D eigenvalue weighted by molar-refractivity contribution is 7.91. The zero-order valence-electron chi connectivity index (χ0n) is 13.2. The highest BCUT2D eigenvalue weighted by Crippen LogP contribution is 2.27. The van der Waals surface area contributed by atoms with Crippen LogP contribution in [0.4, 0.5) is 10.8 Å². The number of carbonyl (C=O) groups excluding carboxylic acids is 1. The van der Waals surface area contributed by atoms with Gasteiger partial charge in [-0.3, -0.25) is 4.79 Å². The van der Waals surface area contributed by atoms with Crippen molar-refractivity contribution in [1.82, 2.24) is 9.29 Å². The smallest absolute Gasteiger partial charge is 0.254 e. The number of amides is 1. The Labute approximate surface area is 145 Å². The van der Waals surface area contributed by atoms with Crippen molar-refractivity contribution in [1.29, 1.82) is 0 Å². The van der Waals surface area contributed by atoms with Crippen LogP contribution in [0.15, 0.2) is 40.7 Å². The molecule has 1 amide bonds. The number of anilines is 2. The lowest BCUT2D eigenvalue weighted by Gasteiger charge is -2.35. The lowest BCUT2D eigenvalue weighted by atomic mass is 10.2. The minimum Gasteiger partial charge on any atom is -0.369 e. The standard InChI is InChI=1S/C15H18N4O3S2/c1-12(20)17-15-16-11-14(23-15)24(21,22)19-9-7-18(8-10-19)13-5-3-2-4-6-13/h2-6,11H,7-10H2,1H3,(H,16,17,20). The van der Waals surface area contributed by atoms with Crippen LogP contribution in [0.5, 0.6) is 0 Å². The number of aromatic nitrogens is 1. The van der Waals surface area contributed by atoms with E-state index in [1.807, 2.05) is 30.3 Å². The molecule has 1 N–H and O–H groups in total. The minimum absolute atomic E-state index is 0.152. The Balaban J connectivity index is 1.68. The van der Waals surface area contributed by atoms with Crippen molar-refractivity contribution in [3.05, 3.63) is 36.5 Å². The van der Waals surface area contributed by atoms with Gasteiger partial charge >= 0.3 is 0 Å². The Kier molecular flexibility index (Phi) is 4.83. The predicted octanol–water partition coefficient (Wildman–Crippen LogP) is 1.61. The summed E-state index contributed by atoms with van der Waals surface area (Å²) < 4.78 is 27.0. The third-order valence-electron chi connectivity index (χ3n) is 3.72. The van der Waals surface area contributed by atoms with Crippen molar-refractivity contribution in [2.24, 2.45) is 0 Å². The van der Waals surface area contributed by atoms with E-state index in [2.05, 4.69) is 15.2 Å². The summed E-state index contributed by atoms with van der Waals surface area (Å²) in [6, 6.07) is 9.94. The van der Waals surface area contributed by atoms with Crippen molar-refractivity contribution in [3.63, 3.8) is 0 Å². The van der Waals surface area contributed by atoms with Gasteiger partial charge in [-0.05, 0) is 12.1 Å². The van der Waals surface area contributed by atoms with Gasteiger partial charge in [0.1, 0.15) is 0 Å². The third kappa shape index (κ3) is 3.58. The Morgan fingerprint density at radius 1 is 1.17 bits per heavy atom. The minimum atomic E-state index is -3.57. The molecule has 24 heavy (non-hydrogen) atoms. The molecule has 1 aliphatic heterocycles. The topological polar surface area (TPSA) is 82.6 Å².